The molecule has 174 valence electrons. The van der Waals surface area contributed by atoms with Crippen LogP contribution in [0.2, 0.25) is 0 Å². The summed E-state index contributed by atoms with van der Waals surface area (Å²) >= 11 is 0. The molecule has 2 aromatic carbocycles. The first kappa shape index (κ1) is 21.6. The quantitative estimate of drug-likeness (QED) is 0.385. The highest BCUT2D eigenvalue weighted by Gasteiger charge is 2.23. The summed E-state index contributed by atoms with van der Waals surface area (Å²) in [5, 5.41) is 13.1. The number of aromatic nitrogens is 2. The highest BCUT2D eigenvalue weighted by molar-refractivity contribution is 6.11. The smallest absolute Gasteiger partial charge is 0.215 e. The third kappa shape index (κ3) is 4.46. The molecule has 0 saturated carbocycles. The van der Waals surface area contributed by atoms with Crippen molar-refractivity contribution in [3.63, 3.8) is 0 Å². The van der Waals surface area contributed by atoms with Crippen LogP contribution in [0.25, 0.3) is 11.1 Å². The standard InChI is InChI=1S/C27H25N5O2.2H2/c28-27-22(15-20(16-30-27)18-9-11-21(33)12-10-18)26(34)23-7-4-8-25(31-23)32-14-13-29-24(17-32)19-5-2-1-3-6-19;;/h1-12,15-16,24,29,33H,13-14,17H2,(H2,28,30);2*1H. The summed E-state index contributed by atoms with van der Waals surface area (Å²) in [5.74, 6) is 0.814. The number of rotatable bonds is 5. The van der Waals surface area contributed by atoms with Crippen LogP contribution in [0.4, 0.5) is 11.6 Å². The Kier molecular flexibility index (Phi) is 5.93. The lowest BCUT2D eigenvalue weighted by molar-refractivity contribution is 0.103. The molecule has 1 saturated heterocycles. The number of hydrogen-bond donors (Lipinski definition) is 3. The van der Waals surface area contributed by atoms with Gasteiger partial charge in [0.15, 0.2) is 0 Å². The Labute approximate surface area is 200 Å². The molecular weight excluding hydrogens is 426 g/mol. The second kappa shape index (κ2) is 9.33. The third-order valence-electron chi connectivity index (χ3n) is 6.03. The molecule has 0 amide bonds. The molecular formula is C27H29N5O2. The van der Waals surface area contributed by atoms with E-state index in [-0.39, 0.29) is 26.2 Å². The van der Waals surface area contributed by atoms with E-state index in [1.165, 1.54) is 5.56 Å². The van der Waals surface area contributed by atoms with Gasteiger partial charge in [-0.05, 0) is 41.5 Å². The molecule has 1 atom stereocenters. The fourth-order valence-corrected chi connectivity index (χ4v) is 4.20. The lowest BCUT2D eigenvalue weighted by atomic mass is 10.0. The van der Waals surface area contributed by atoms with Crippen LogP contribution in [0.5, 0.6) is 5.75 Å². The summed E-state index contributed by atoms with van der Waals surface area (Å²) in [6.07, 6.45) is 1.62. The molecule has 4 aromatic rings. The number of nitrogens with zero attached hydrogens (tertiary/aromatic N) is 3. The van der Waals surface area contributed by atoms with Crippen molar-refractivity contribution in [3.05, 3.63) is 102 Å². The minimum atomic E-state index is -0.276. The summed E-state index contributed by atoms with van der Waals surface area (Å²) in [6.45, 7) is 2.38. The van der Waals surface area contributed by atoms with E-state index in [2.05, 4.69) is 32.3 Å². The van der Waals surface area contributed by atoms with Crippen molar-refractivity contribution in [1.82, 2.24) is 15.3 Å². The number of piperazine rings is 1. The van der Waals surface area contributed by atoms with E-state index in [1.54, 1.807) is 42.6 Å². The van der Waals surface area contributed by atoms with E-state index in [4.69, 9.17) is 5.73 Å². The Hall–Kier alpha value is -4.23. The van der Waals surface area contributed by atoms with Gasteiger partial charge in [0.1, 0.15) is 23.1 Å². The van der Waals surface area contributed by atoms with Crippen molar-refractivity contribution in [1.29, 1.82) is 0 Å². The number of phenols is 1. The molecule has 2 aromatic heterocycles. The first-order valence-corrected chi connectivity index (χ1v) is 11.2. The monoisotopic (exact) mass is 455 g/mol. The lowest BCUT2D eigenvalue weighted by Gasteiger charge is -2.35. The van der Waals surface area contributed by atoms with Crippen LogP contribution in [0, 0.1) is 0 Å². The van der Waals surface area contributed by atoms with Crippen LogP contribution in [-0.2, 0) is 0 Å². The molecule has 3 heterocycles. The van der Waals surface area contributed by atoms with Gasteiger partial charge < -0.3 is 21.1 Å². The zero-order valence-electron chi connectivity index (χ0n) is 18.6. The van der Waals surface area contributed by atoms with Crippen LogP contribution < -0.4 is 16.0 Å². The molecule has 5 rings (SSSR count). The molecule has 0 spiro atoms. The van der Waals surface area contributed by atoms with Crippen molar-refractivity contribution in [2.75, 3.05) is 30.3 Å². The van der Waals surface area contributed by atoms with Crippen LogP contribution in [0.1, 0.15) is 30.5 Å². The number of phenolic OH excluding ortho intramolecular Hbond substituents is 1. The fraction of sp³-hybridized carbons (Fsp3) is 0.148. The predicted octanol–water partition coefficient (Wildman–Crippen LogP) is 4.31. The SMILES string of the molecule is Nc1ncc(-c2ccc(O)cc2)cc1C(=O)c1cccc(N2CCNC(c3ccccc3)C2)n1.[HH].[HH]. The highest BCUT2D eigenvalue weighted by atomic mass is 16.3. The average Bonchev–Trinajstić information content (AvgIpc) is 2.90. The Morgan fingerprint density at radius 3 is 2.62 bits per heavy atom. The largest absolute Gasteiger partial charge is 0.508 e. The summed E-state index contributed by atoms with van der Waals surface area (Å²) in [4.78, 5) is 24.5. The minimum Gasteiger partial charge on any atom is -0.508 e. The Balaban J connectivity index is 0.00000180. The normalized spacial score (nSPS) is 15.8. The number of nitrogens with one attached hydrogen (secondary N) is 1. The van der Waals surface area contributed by atoms with Crippen LogP contribution in [-0.4, -0.2) is 40.5 Å². The first-order valence-electron chi connectivity index (χ1n) is 11.2. The molecule has 7 nitrogen and oxygen atoms in total. The van der Waals surface area contributed by atoms with Gasteiger partial charge in [-0.1, -0.05) is 48.5 Å². The van der Waals surface area contributed by atoms with Crippen molar-refractivity contribution in [3.8, 4) is 16.9 Å². The van der Waals surface area contributed by atoms with Gasteiger partial charge in [-0.2, -0.15) is 0 Å². The number of hydrogen-bond acceptors (Lipinski definition) is 7. The van der Waals surface area contributed by atoms with Crippen molar-refractivity contribution in [2.45, 2.75) is 6.04 Å². The maximum absolute atomic E-state index is 13.4. The number of benzene rings is 2. The Morgan fingerprint density at radius 2 is 1.82 bits per heavy atom. The highest BCUT2D eigenvalue weighted by Crippen LogP contribution is 2.26. The van der Waals surface area contributed by atoms with Gasteiger partial charge in [0.25, 0.3) is 0 Å². The molecule has 1 aliphatic rings. The predicted molar refractivity (Wildman–Crippen MR) is 137 cm³/mol. The van der Waals surface area contributed by atoms with Gasteiger partial charge in [-0.3, -0.25) is 4.79 Å². The molecule has 1 unspecified atom stereocenters. The second-order valence-electron chi connectivity index (χ2n) is 8.28. The number of ketones is 1. The van der Waals surface area contributed by atoms with Crippen LogP contribution >= 0.6 is 0 Å². The van der Waals surface area contributed by atoms with E-state index < -0.39 is 0 Å². The minimum absolute atomic E-state index is 0. The molecule has 0 bridgehead atoms. The molecule has 0 radical (unpaired) electrons. The van der Waals surface area contributed by atoms with E-state index >= 15 is 0 Å². The number of anilines is 2. The van der Waals surface area contributed by atoms with Gasteiger partial charge in [0.2, 0.25) is 5.78 Å². The topological polar surface area (TPSA) is 104 Å². The molecule has 4 N–H and O–H groups in total. The maximum atomic E-state index is 13.4. The maximum Gasteiger partial charge on any atom is 0.215 e. The first-order chi connectivity index (χ1) is 16.6. The molecule has 34 heavy (non-hydrogen) atoms. The summed E-state index contributed by atoms with van der Waals surface area (Å²) in [6, 6.07) is 24.4. The van der Waals surface area contributed by atoms with Gasteiger partial charge in [-0.15, -0.1) is 0 Å². The zero-order chi connectivity index (χ0) is 23.5. The van der Waals surface area contributed by atoms with Gasteiger partial charge in [0.05, 0.1) is 5.56 Å². The zero-order valence-corrected chi connectivity index (χ0v) is 18.6. The van der Waals surface area contributed by atoms with Crippen molar-refractivity contribution >= 4 is 17.4 Å². The Bertz CT molecular complexity index is 1320. The van der Waals surface area contributed by atoms with Gasteiger partial charge >= 0.3 is 0 Å². The number of carbonyl (C=O) groups is 1. The molecule has 7 heteroatoms. The van der Waals surface area contributed by atoms with Crippen LogP contribution in [0.3, 0.4) is 0 Å². The van der Waals surface area contributed by atoms with Crippen LogP contribution in [0.15, 0.2) is 85.1 Å². The van der Waals surface area contributed by atoms with E-state index in [1.807, 2.05) is 30.3 Å². The number of nitrogen functional groups attached to an aromatic ring is 1. The second-order valence-corrected chi connectivity index (χ2v) is 8.28. The Morgan fingerprint density at radius 1 is 1.03 bits per heavy atom. The number of carbonyl (C=O) groups excluding carboxylic acids is 1. The molecule has 1 fully saturated rings. The number of nitrogens with two attached hydrogens (primary N) is 1. The van der Waals surface area contributed by atoms with E-state index in [0.29, 0.717) is 11.3 Å². The summed E-state index contributed by atoms with van der Waals surface area (Å²) in [7, 11) is 0. The summed E-state index contributed by atoms with van der Waals surface area (Å²) < 4.78 is 0. The fourth-order valence-electron chi connectivity index (χ4n) is 4.20. The average molecular weight is 456 g/mol. The van der Waals surface area contributed by atoms with E-state index in [0.717, 1.165) is 36.6 Å². The molecule has 1 aliphatic heterocycles. The van der Waals surface area contributed by atoms with E-state index in [9.17, 15) is 9.90 Å². The molecule has 0 aliphatic carbocycles. The number of pyridine rings is 2. The van der Waals surface area contributed by atoms with Crippen molar-refractivity contribution < 1.29 is 12.8 Å². The number of aromatic hydroxyl groups is 1. The van der Waals surface area contributed by atoms with Crippen molar-refractivity contribution in [2.24, 2.45) is 0 Å². The third-order valence-corrected chi connectivity index (χ3v) is 6.03. The summed E-state index contributed by atoms with van der Waals surface area (Å²) in [5.41, 5.74) is 9.49. The van der Waals surface area contributed by atoms with Gasteiger partial charge in [-0.25, -0.2) is 9.97 Å². The lowest BCUT2D eigenvalue weighted by Crippen LogP contribution is -2.46. The van der Waals surface area contributed by atoms with Gasteiger partial charge in [0, 0.05) is 40.3 Å².